The number of rotatable bonds is 13. The largest absolute Gasteiger partial charge is 0.481 e. The summed E-state index contributed by atoms with van der Waals surface area (Å²) in [6.07, 6.45) is -0.827. The lowest BCUT2D eigenvalue weighted by molar-refractivity contribution is -0.144. The van der Waals surface area contributed by atoms with Crippen molar-refractivity contribution in [2.45, 2.75) is 50.9 Å². The molecule has 0 aliphatic heterocycles. The minimum atomic E-state index is -1.58. The van der Waals surface area contributed by atoms with Crippen molar-refractivity contribution >= 4 is 29.7 Å². The van der Waals surface area contributed by atoms with Crippen LogP contribution in [0, 0.1) is 5.92 Å². The van der Waals surface area contributed by atoms with Gasteiger partial charge in [0.25, 0.3) is 0 Å². The van der Waals surface area contributed by atoms with Gasteiger partial charge in [0, 0.05) is 6.42 Å². The second-order valence-corrected chi connectivity index (χ2v) is 7.77. The molecule has 1 aromatic rings. The zero-order valence-electron chi connectivity index (χ0n) is 18.4. The first kappa shape index (κ1) is 27.5. The first-order valence-corrected chi connectivity index (χ1v) is 10.2. The van der Waals surface area contributed by atoms with E-state index in [2.05, 4.69) is 16.0 Å². The molecule has 12 nitrogen and oxygen atoms in total. The second-order valence-electron chi connectivity index (χ2n) is 7.77. The molecule has 0 bridgehead atoms. The SMILES string of the molecule is CC(C)C(NC(=O)C(Cc1ccccc1)NC(=O)C(CC(=O)O)NC(=O)C(N)CO)C(=O)O. The number of carbonyl (C=O) groups excluding carboxylic acids is 3. The molecule has 1 aromatic carbocycles. The van der Waals surface area contributed by atoms with Gasteiger partial charge in [-0.3, -0.25) is 19.2 Å². The van der Waals surface area contributed by atoms with Crippen LogP contribution in [0.4, 0.5) is 0 Å². The summed E-state index contributed by atoms with van der Waals surface area (Å²) >= 11 is 0. The van der Waals surface area contributed by atoms with E-state index in [9.17, 15) is 29.1 Å². The first-order valence-electron chi connectivity index (χ1n) is 10.2. The van der Waals surface area contributed by atoms with Crippen molar-refractivity contribution in [1.82, 2.24) is 16.0 Å². The Morgan fingerprint density at radius 2 is 1.42 bits per heavy atom. The van der Waals surface area contributed by atoms with Crippen molar-refractivity contribution < 1.29 is 39.3 Å². The number of benzene rings is 1. The number of nitrogens with one attached hydrogen (secondary N) is 3. The molecule has 4 unspecified atom stereocenters. The molecule has 4 atom stereocenters. The van der Waals surface area contributed by atoms with Gasteiger partial charge in [-0.25, -0.2) is 4.79 Å². The van der Waals surface area contributed by atoms with Crippen molar-refractivity contribution in [3.8, 4) is 0 Å². The summed E-state index contributed by atoms with van der Waals surface area (Å²) in [6.45, 7) is 2.48. The lowest BCUT2D eigenvalue weighted by atomic mass is 10.0. The fourth-order valence-electron chi connectivity index (χ4n) is 2.84. The number of carboxylic acids is 2. The number of nitrogens with two attached hydrogens (primary N) is 1. The Hall–Kier alpha value is -3.51. The summed E-state index contributed by atoms with van der Waals surface area (Å²) in [7, 11) is 0. The number of amides is 3. The fourth-order valence-corrected chi connectivity index (χ4v) is 2.84. The molecular formula is C21H30N4O8. The van der Waals surface area contributed by atoms with Gasteiger partial charge in [-0.1, -0.05) is 44.2 Å². The molecule has 12 heteroatoms. The van der Waals surface area contributed by atoms with Gasteiger partial charge in [0.1, 0.15) is 24.2 Å². The van der Waals surface area contributed by atoms with E-state index in [-0.39, 0.29) is 6.42 Å². The number of aliphatic hydroxyl groups excluding tert-OH is 1. The predicted molar refractivity (Wildman–Crippen MR) is 116 cm³/mol. The number of carboxylic acid groups (broad SMARTS) is 2. The summed E-state index contributed by atoms with van der Waals surface area (Å²) in [5, 5.41) is 34.4. The van der Waals surface area contributed by atoms with Crippen LogP contribution in [-0.2, 0) is 30.4 Å². The summed E-state index contributed by atoms with van der Waals surface area (Å²) in [5.74, 6) is -5.82. The molecular weight excluding hydrogens is 436 g/mol. The van der Waals surface area contributed by atoms with Gasteiger partial charge >= 0.3 is 11.9 Å². The number of carbonyl (C=O) groups is 5. The molecule has 1 rings (SSSR count). The normalized spacial score (nSPS) is 14.5. The number of aliphatic hydroxyl groups is 1. The maximum absolute atomic E-state index is 12.9. The van der Waals surface area contributed by atoms with Gasteiger partial charge in [-0.05, 0) is 11.5 Å². The maximum Gasteiger partial charge on any atom is 0.326 e. The third kappa shape index (κ3) is 9.25. The Morgan fingerprint density at radius 1 is 0.879 bits per heavy atom. The topological polar surface area (TPSA) is 208 Å². The number of hydrogen-bond acceptors (Lipinski definition) is 7. The van der Waals surface area contributed by atoms with Gasteiger partial charge in [-0.15, -0.1) is 0 Å². The zero-order chi connectivity index (χ0) is 25.1. The number of aliphatic carboxylic acids is 2. The maximum atomic E-state index is 12.9. The highest BCUT2D eigenvalue weighted by Crippen LogP contribution is 2.07. The van der Waals surface area contributed by atoms with Crippen molar-refractivity contribution in [1.29, 1.82) is 0 Å². The lowest BCUT2D eigenvalue weighted by Gasteiger charge is -2.25. The van der Waals surface area contributed by atoms with Gasteiger partial charge < -0.3 is 37.0 Å². The molecule has 0 saturated carbocycles. The van der Waals surface area contributed by atoms with Gasteiger partial charge in [0.15, 0.2) is 0 Å². The quantitative estimate of drug-likeness (QED) is 0.175. The first-order chi connectivity index (χ1) is 15.5. The standard InChI is InChI=1S/C21H30N4O8/c1-11(2)17(21(32)33)25-20(31)14(8-12-6-4-3-5-7-12)24-19(30)15(9-16(27)28)23-18(29)13(22)10-26/h3-7,11,13-15,17,26H,8-10,22H2,1-2H3,(H,23,29)(H,24,30)(H,25,31)(H,27,28)(H,32,33). The lowest BCUT2D eigenvalue weighted by Crippen LogP contribution is -2.58. The molecule has 0 aliphatic rings. The van der Waals surface area contributed by atoms with E-state index < -0.39 is 72.8 Å². The van der Waals surface area contributed by atoms with Gasteiger partial charge in [0.05, 0.1) is 13.0 Å². The molecule has 0 heterocycles. The van der Waals surface area contributed by atoms with E-state index in [0.717, 1.165) is 0 Å². The molecule has 3 amide bonds. The molecule has 0 radical (unpaired) electrons. The molecule has 0 aromatic heterocycles. The van der Waals surface area contributed by atoms with Crippen LogP contribution in [0.5, 0.6) is 0 Å². The third-order valence-corrected chi connectivity index (χ3v) is 4.69. The van der Waals surface area contributed by atoms with E-state index in [4.69, 9.17) is 15.9 Å². The van der Waals surface area contributed by atoms with Crippen LogP contribution in [0.3, 0.4) is 0 Å². The van der Waals surface area contributed by atoms with Crippen molar-refractivity contribution in [3.63, 3.8) is 0 Å². The van der Waals surface area contributed by atoms with Crippen LogP contribution in [0.25, 0.3) is 0 Å². The summed E-state index contributed by atoms with van der Waals surface area (Å²) < 4.78 is 0. The summed E-state index contributed by atoms with van der Waals surface area (Å²) in [4.78, 5) is 60.3. The molecule has 8 N–H and O–H groups in total. The van der Waals surface area contributed by atoms with Gasteiger partial charge in [-0.2, -0.15) is 0 Å². The Labute approximate surface area is 190 Å². The Morgan fingerprint density at radius 3 is 1.91 bits per heavy atom. The van der Waals surface area contributed by atoms with Crippen LogP contribution in [0.15, 0.2) is 30.3 Å². The molecule has 0 aliphatic carbocycles. The Balaban J connectivity index is 3.12. The van der Waals surface area contributed by atoms with Crippen LogP contribution in [-0.4, -0.2) is 75.8 Å². The smallest absolute Gasteiger partial charge is 0.326 e. The second kappa shape index (κ2) is 13.1. The van der Waals surface area contributed by atoms with Crippen LogP contribution >= 0.6 is 0 Å². The predicted octanol–water partition coefficient (Wildman–Crippen LogP) is -1.78. The molecule has 182 valence electrons. The minimum Gasteiger partial charge on any atom is -0.481 e. The number of hydrogen-bond donors (Lipinski definition) is 7. The Bertz CT molecular complexity index is 846. The van der Waals surface area contributed by atoms with Crippen LogP contribution in [0.2, 0.25) is 0 Å². The zero-order valence-corrected chi connectivity index (χ0v) is 18.4. The van der Waals surface area contributed by atoms with E-state index in [1.165, 1.54) is 0 Å². The van der Waals surface area contributed by atoms with E-state index >= 15 is 0 Å². The van der Waals surface area contributed by atoms with Crippen LogP contribution in [0.1, 0.15) is 25.8 Å². The molecule has 33 heavy (non-hydrogen) atoms. The summed E-state index contributed by atoms with van der Waals surface area (Å²) in [5.41, 5.74) is 6.05. The highest BCUT2D eigenvalue weighted by Gasteiger charge is 2.32. The van der Waals surface area contributed by atoms with E-state index in [1.807, 2.05) is 0 Å². The highest BCUT2D eigenvalue weighted by atomic mass is 16.4. The van der Waals surface area contributed by atoms with Crippen molar-refractivity contribution in [2.75, 3.05) is 6.61 Å². The minimum absolute atomic E-state index is 0.0211. The molecule has 0 spiro atoms. The fraction of sp³-hybridized carbons (Fsp3) is 0.476. The van der Waals surface area contributed by atoms with Crippen molar-refractivity contribution in [3.05, 3.63) is 35.9 Å². The third-order valence-electron chi connectivity index (χ3n) is 4.69. The van der Waals surface area contributed by atoms with E-state index in [0.29, 0.717) is 5.56 Å². The average Bonchev–Trinajstić information content (AvgIpc) is 2.75. The molecule has 0 saturated heterocycles. The highest BCUT2D eigenvalue weighted by molar-refractivity contribution is 5.95. The monoisotopic (exact) mass is 466 g/mol. The van der Waals surface area contributed by atoms with Crippen molar-refractivity contribution in [2.24, 2.45) is 11.7 Å². The summed E-state index contributed by atoms with van der Waals surface area (Å²) in [6, 6.07) is 3.12. The molecule has 0 fully saturated rings. The van der Waals surface area contributed by atoms with Crippen LogP contribution < -0.4 is 21.7 Å². The van der Waals surface area contributed by atoms with E-state index in [1.54, 1.807) is 44.2 Å². The van der Waals surface area contributed by atoms with Gasteiger partial charge in [0.2, 0.25) is 17.7 Å². The average molecular weight is 466 g/mol. The Kier molecular flexibility index (Phi) is 11.0.